The Morgan fingerprint density at radius 3 is 2.67 bits per heavy atom. The fourth-order valence-corrected chi connectivity index (χ4v) is 4.63. The van der Waals surface area contributed by atoms with Crippen molar-refractivity contribution in [3.63, 3.8) is 0 Å². The predicted molar refractivity (Wildman–Crippen MR) is 128 cm³/mol. The number of rotatable bonds is 3. The van der Waals surface area contributed by atoms with Crippen LogP contribution in [0.5, 0.6) is 0 Å². The van der Waals surface area contributed by atoms with E-state index in [0.29, 0.717) is 36.6 Å². The van der Waals surface area contributed by atoms with E-state index in [1.807, 2.05) is 6.92 Å². The molecule has 0 saturated carbocycles. The third-order valence-corrected chi connectivity index (χ3v) is 6.51. The first-order chi connectivity index (χ1) is 17.1. The monoisotopic (exact) mass is 502 g/mol. The number of alkyl halides is 3. The van der Waals surface area contributed by atoms with Gasteiger partial charge in [0.05, 0.1) is 22.7 Å². The number of halogens is 3. The number of piperazine rings is 1. The number of hydrogen-bond donors (Lipinski definition) is 2. The Bertz CT molecular complexity index is 1460. The van der Waals surface area contributed by atoms with Crippen LogP contribution in [0.3, 0.4) is 0 Å². The van der Waals surface area contributed by atoms with Gasteiger partial charge < -0.3 is 15.5 Å². The van der Waals surface area contributed by atoms with E-state index >= 15 is 0 Å². The van der Waals surface area contributed by atoms with Gasteiger partial charge in [-0.05, 0) is 24.6 Å². The third-order valence-electron chi connectivity index (χ3n) is 6.51. The summed E-state index contributed by atoms with van der Waals surface area (Å²) in [5.41, 5.74) is 6.25. The Hall–Kier alpha value is -4.10. The molecule has 0 bridgehead atoms. The minimum absolute atomic E-state index is 0.0699. The van der Waals surface area contributed by atoms with Gasteiger partial charge in [0, 0.05) is 45.2 Å². The second kappa shape index (κ2) is 8.53. The van der Waals surface area contributed by atoms with Crippen LogP contribution in [0.25, 0.3) is 21.9 Å². The molecule has 1 saturated heterocycles. The summed E-state index contributed by atoms with van der Waals surface area (Å²) in [4.78, 5) is 25.6. The van der Waals surface area contributed by atoms with E-state index in [-0.39, 0.29) is 23.2 Å². The number of anilines is 3. The average Bonchev–Trinajstić information content (AvgIpc) is 3.36. The van der Waals surface area contributed by atoms with E-state index in [1.165, 1.54) is 10.7 Å². The lowest BCUT2D eigenvalue weighted by molar-refractivity contribution is -0.137. The molecule has 0 radical (unpaired) electrons. The van der Waals surface area contributed by atoms with E-state index in [1.54, 1.807) is 29.9 Å². The van der Waals surface area contributed by atoms with Crippen molar-refractivity contribution in [3.05, 3.63) is 30.0 Å². The van der Waals surface area contributed by atoms with Crippen LogP contribution in [0, 0.1) is 0 Å². The van der Waals surface area contributed by atoms with Crippen LogP contribution >= 0.6 is 0 Å². The molecule has 0 unspecified atom stereocenters. The van der Waals surface area contributed by atoms with Crippen molar-refractivity contribution in [2.24, 2.45) is 14.1 Å². The summed E-state index contributed by atoms with van der Waals surface area (Å²) in [6, 6.07) is 2.85. The van der Waals surface area contributed by atoms with Gasteiger partial charge in [-0.2, -0.15) is 33.3 Å². The number of urea groups is 1. The molecule has 36 heavy (non-hydrogen) atoms. The molecule has 1 atom stereocenters. The number of fused-ring (bicyclic) bond motifs is 2. The van der Waals surface area contributed by atoms with Crippen LogP contribution in [0.15, 0.2) is 24.4 Å². The molecule has 3 N–H and O–H groups in total. The van der Waals surface area contributed by atoms with Gasteiger partial charge in [-0.25, -0.2) is 4.79 Å². The summed E-state index contributed by atoms with van der Waals surface area (Å²) in [5.74, 6) is 0.879. The van der Waals surface area contributed by atoms with E-state index in [2.05, 4.69) is 30.4 Å². The standard InChI is InChI=1S/C22H25F3N10O/c1-4-13-11-34(7-8-35(13)19-15-10-27-33(3)18(15)29-20(26)30-19)21(36)28-17-14-9-12(22(23,24)25)5-6-16(14)32(2)31-17/h5-6,9-10,13H,4,7-8,11H2,1-3H3,(H2,26,29,30)(H,28,31,36)/t13-/m0/s1. The number of carbonyl (C=O) groups excluding carboxylic acids is 1. The summed E-state index contributed by atoms with van der Waals surface area (Å²) in [6.07, 6.45) is -2.09. The zero-order valence-corrected chi connectivity index (χ0v) is 19.9. The van der Waals surface area contributed by atoms with Gasteiger partial charge in [0.15, 0.2) is 11.5 Å². The minimum Gasteiger partial charge on any atom is -0.368 e. The van der Waals surface area contributed by atoms with Gasteiger partial charge in [-0.3, -0.25) is 14.7 Å². The van der Waals surface area contributed by atoms with Gasteiger partial charge in [0.2, 0.25) is 5.95 Å². The largest absolute Gasteiger partial charge is 0.416 e. The number of nitrogens with zero attached hydrogens (tertiary/aromatic N) is 8. The molecule has 1 fully saturated rings. The first kappa shape index (κ1) is 23.6. The highest BCUT2D eigenvalue weighted by molar-refractivity contribution is 5.99. The van der Waals surface area contributed by atoms with Gasteiger partial charge in [-0.1, -0.05) is 6.92 Å². The molecule has 0 aliphatic carbocycles. The van der Waals surface area contributed by atoms with Crippen LogP contribution in [0.2, 0.25) is 0 Å². The number of carbonyl (C=O) groups is 1. The Balaban J connectivity index is 1.38. The van der Waals surface area contributed by atoms with Gasteiger partial charge in [-0.15, -0.1) is 0 Å². The summed E-state index contributed by atoms with van der Waals surface area (Å²) in [6.45, 7) is 3.24. The van der Waals surface area contributed by atoms with Crippen molar-refractivity contribution in [1.82, 2.24) is 34.4 Å². The highest BCUT2D eigenvalue weighted by Crippen LogP contribution is 2.34. The summed E-state index contributed by atoms with van der Waals surface area (Å²) < 4.78 is 42.8. The highest BCUT2D eigenvalue weighted by Gasteiger charge is 2.33. The fourth-order valence-electron chi connectivity index (χ4n) is 4.63. The number of aryl methyl sites for hydroxylation is 2. The Labute approximate surface area is 203 Å². The Morgan fingerprint density at radius 1 is 1.17 bits per heavy atom. The minimum atomic E-state index is -4.50. The number of nitrogens with two attached hydrogens (primary N) is 1. The molecule has 4 heterocycles. The number of hydrogen-bond acceptors (Lipinski definition) is 7. The number of benzene rings is 1. The first-order valence-corrected chi connectivity index (χ1v) is 11.4. The van der Waals surface area contributed by atoms with E-state index in [0.717, 1.165) is 23.9 Å². The maximum Gasteiger partial charge on any atom is 0.416 e. The number of nitrogen functional groups attached to an aromatic ring is 1. The Morgan fingerprint density at radius 2 is 1.94 bits per heavy atom. The molecular formula is C22H25F3N10O. The fraction of sp³-hybridized carbons (Fsp3) is 0.409. The average molecular weight is 503 g/mol. The number of aromatic nitrogens is 6. The van der Waals surface area contributed by atoms with Crippen LogP contribution in [-0.2, 0) is 20.3 Å². The second-order valence-electron chi connectivity index (χ2n) is 8.74. The van der Waals surface area contributed by atoms with Crippen LogP contribution in [-0.4, -0.2) is 66.1 Å². The summed E-state index contributed by atoms with van der Waals surface area (Å²) in [7, 11) is 3.39. The molecular weight excluding hydrogens is 477 g/mol. The van der Waals surface area contributed by atoms with E-state index in [4.69, 9.17) is 5.73 Å². The van der Waals surface area contributed by atoms with Gasteiger partial charge in [0.1, 0.15) is 5.82 Å². The van der Waals surface area contributed by atoms with Crippen molar-refractivity contribution in [1.29, 1.82) is 0 Å². The molecule has 4 aromatic rings. The highest BCUT2D eigenvalue weighted by atomic mass is 19.4. The molecule has 5 rings (SSSR count). The molecule has 2 amide bonds. The molecule has 11 nitrogen and oxygen atoms in total. The summed E-state index contributed by atoms with van der Waals surface area (Å²) in [5, 5.41) is 12.2. The SMILES string of the molecule is CC[C@H]1CN(C(=O)Nc2nn(C)c3ccc(C(F)(F)F)cc23)CCN1c1nc(N)nc2c1cnn2C. The third kappa shape index (κ3) is 4.01. The molecule has 3 aromatic heterocycles. The zero-order chi connectivity index (χ0) is 25.8. The number of amides is 2. The van der Waals surface area contributed by atoms with Crippen molar-refractivity contribution in [2.75, 3.05) is 35.6 Å². The van der Waals surface area contributed by atoms with Crippen molar-refractivity contribution in [2.45, 2.75) is 25.6 Å². The van der Waals surface area contributed by atoms with Gasteiger partial charge in [0.25, 0.3) is 0 Å². The lowest BCUT2D eigenvalue weighted by Crippen LogP contribution is -2.56. The molecule has 1 aromatic carbocycles. The topological polar surface area (TPSA) is 123 Å². The van der Waals surface area contributed by atoms with Crippen molar-refractivity contribution < 1.29 is 18.0 Å². The molecule has 1 aliphatic heterocycles. The molecule has 14 heteroatoms. The second-order valence-corrected chi connectivity index (χ2v) is 8.74. The lowest BCUT2D eigenvalue weighted by Gasteiger charge is -2.41. The van der Waals surface area contributed by atoms with Crippen LogP contribution < -0.4 is 16.0 Å². The van der Waals surface area contributed by atoms with Crippen molar-refractivity contribution >= 4 is 45.6 Å². The van der Waals surface area contributed by atoms with Crippen LogP contribution in [0.1, 0.15) is 18.9 Å². The predicted octanol–water partition coefficient (Wildman–Crippen LogP) is 2.98. The van der Waals surface area contributed by atoms with Crippen molar-refractivity contribution in [3.8, 4) is 0 Å². The quantitative estimate of drug-likeness (QED) is 0.442. The van der Waals surface area contributed by atoms with Crippen LogP contribution in [0.4, 0.5) is 35.5 Å². The normalized spacial score (nSPS) is 16.8. The summed E-state index contributed by atoms with van der Waals surface area (Å²) >= 11 is 0. The Kier molecular flexibility index (Phi) is 5.60. The smallest absolute Gasteiger partial charge is 0.368 e. The number of nitrogens with one attached hydrogen (secondary N) is 1. The maximum absolute atomic E-state index is 13.2. The lowest BCUT2D eigenvalue weighted by atomic mass is 10.1. The van der Waals surface area contributed by atoms with E-state index in [9.17, 15) is 18.0 Å². The maximum atomic E-state index is 13.2. The van der Waals surface area contributed by atoms with E-state index < -0.39 is 17.8 Å². The van der Waals surface area contributed by atoms with Gasteiger partial charge >= 0.3 is 12.2 Å². The molecule has 1 aliphatic rings. The zero-order valence-electron chi connectivity index (χ0n) is 19.9. The molecule has 0 spiro atoms. The molecule has 190 valence electrons. The first-order valence-electron chi connectivity index (χ1n) is 11.4.